The highest BCUT2D eigenvalue weighted by Crippen LogP contribution is 2.24. The molecule has 0 atom stereocenters. The summed E-state index contributed by atoms with van der Waals surface area (Å²) in [5, 5.41) is 7.55. The van der Waals surface area contributed by atoms with Gasteiger partial charge in [-0.05, 0) is 30.4 Å². The minimum Gasteiger partial charge on any atom is -0.324 e. The largest absolute Gasteiger partial charge is 0.324 e. The second-order valence-corrected chi connectivity index (χ2v) is 7.21. The Balaban J connectivity index is 1.40. The van der Waals surface area contributed by atoms with Crippen molar-refractivity contribution in [2.75, 3.05) is 25.0 Å². The van der Waals surface area contributed by atoms with Gasteiger partial charge in [-0.2, -0.15) is 0 Å². The number of alkyl halides is 2. The first-order chi connectivity index (χ1) is 14.6. The van der Waals surface area contributed by atoms with Gasteiger partial charge in [-0.25, -0.2) is 18.6 Å². The van der Waals surface area contributed by atoms with Crippen LogP contribution in [0.25, 0.3) is 22.0 Å². The van der Waals surface area contributed by atoms with E-state index in [-0.39, 0.29) is 18.6 Å². The number of carbonyl (C=O) groups excluding carboxylic acids is 1. The lowest BCUT2D eigenvalue weighted by molar-refractivity contribution is 0.132. The molecule has 0 aliphatic carbocycles. The van der Waals surface area contributed by atoms with Crippen molar-refractivity contribution in [2.24, 2.45) is 0 Å². The van der Waals surface area contributed by atoms with Crippen molar-refractivity contribution in [3.8, 4) is 11.3 Å². The number of fused-ring (bicyclic) bond motifs is 1. The van der Waals surface area contributed by atoms with Crippen LogP contribution in [0.2, 0.25) is 0 Å². The molecule has 2 aromatic heterocycles. The molecule has 4 rings (SSSR count). The summed E-state index contributed by atoms with van der Waals surface area (Å²) in [5.74, 6) is 0.460. The Morgan fingerprint density at radius 2 is 1.93 bits per heavy atom. The Morgan fingerprint density at radius 1 is 1.10 bits per heavy atom. The van der Waals surface area contributed by atoms with Gasteiger partial charge >= 0.3 is 6.03 Å². The summed E-state index contributed by atoms with van der Waals surface area (Å²) in [7, 11) is 0. The average molecular weight is 412 g/mol. The van der Waals surface area contributed by atoms with E-state index in [2.05, 4.69) is 25.6 Å². The van der Waals surface area contributed by atoms with Crippen molar-refractivity contribution in [2.45, 2.75) is 25.3 Å². The average Bonchev–Trinajstić information content (AvgIpc) is 2.78. The highest BCUT2D eigenvalue weighted by atomic mass is 19.3. The molecule has 1 aromatic carbocycles. The van der Waals surface area contributed by atoms with Gasteiger partial charge in [0.2, 0.25) is 0 Å². The van der Waals surface area contributed by atoms with Crippen molar-refractivity contribution in [3.63, 3.8) is 0 Å². The third-order valence-electron chi connectivity index (χ3n) is 5.16. The fraction of sp³-hybridized carbons (Fsp3) is 0.333. The highest BCUT2D eigenvalue weighted by Gasteiger charge is 2.23. The summed E-state index contributed by atoms with van der Waals surface area (Å²) >= 11 is 0. The quantitative estimate of drug-likeness (QED) is 0.670. The highest BCUT2D eigenvalue weighted by molar-refractivity contribution is 5.93. The van der Waals surface area contributed by atoms with E-state index in [4.69, 9.17) is 0 Å². The molecule has 3 aromatic rings. The summed E-state index contributed by atoms with van der Waals surface area (Å²) in [4.78, 5) is 27.0. The Hall–Kier alpha value is -3.20. The summed E-state index contributed by atoms with van der Waals surface area (Å²) in [5.41, 5.74) is 1.70. The molecule has 0 bridgehead atoms. The number of amides is 2. The van der Waals surface area contributed by atoms with Crippen LogP contribution >= 0.6 is 0 Å². The van der Waals surface area contributed by atoms with Crippen LogP contribution in [0, 0.1) is 0 Å². The topological polar surface area (TPSA) is 83.0 Å². The first-order valence-corrected chi connectivity index (χ1v) is 9.82. The second kappa shape index (κ2) is 9.08. The first kappa shape index (κ1) is 20.1. The lowest BCUT2D eigenvalue weighted by Crippen LogP contribution is -2.47. The number of benzene rings is 1. The predicted molar refractivity (Wildman–Crippen MR) is 110 cm³/mol. The smallest absolute Gasteiger partial charge is 0.323 e. The standard InChI is InChI=1S/C21H22F2N6O/c22-19(23)13-26-17-3-7-29(8-4-17)21(30)28-20-10-16-9-14(1-2-15(16)11-27-20)18-12-24-5-6-25-18/h1-2,5-6,9-12,17,19,26H,3-4,7-8,13H2,(H,27,28,30). The minimum absolute atomic E-state index is 0.0151. The summed E-state index contributed by atoms with van der Waals surface area (Å²) in [6.45, 7) is 0.711. The van der Waals surface area contributed by atoms with Crippen molar-refractivity contribution >= 4 is 22.6 Å². The van der Waals surface area contributed by atoms with E-state index >= 15 is 0 Å². The number of nitrogens with zero attached hydrogens (tertiary/aromatic N) is 4. The third-order valence-corrected chi connectivity index (χ3v) is 5.16. The van der Waals surface area contributed by atoms with Gasteiger partial charge in [-0.15, -0.1) is 0 Å². The fourth-order valence-corrected chi connectivity index (χ4v) is 3.55. The van der Waals surface area contributed by atoms with Crippen LogP contribution in [0.3, 0.4) is 0 Å². The van der Waals surface area contributed by atoms with Gasteiger partial charge in [0.15, 0.2) is 0 Å². The van der Waals surface area contributed by atoms with Crippen LogP contribution in [0.4, 0.5) is 19.4 Å². The minimum atomic E-state index is -2.36. The second-order valence-electron chi connectivity index (χ2n) is 7.21. The van der Waals surface area contributed by atoms with Gasteiger partial charge in [0.05, 0.1) is 18.4 Å². The number of likely N-dealkylation sites (tertiary alicyclic amines) is 1. The summed E-state index contributed by atoms with van der Waals surface area (Å²) in [6.07, 6.45) is 5.61. The van der Waals surface area contributed by atoms with E-state index in [9.17, 15) is 13.6 Å². The van der Waals surface area contributed by atoms with Gasteiger partial charge in [-0.1, -0.05) is 12.1 Å². The van der Waals surface area contributed by atoms with Crippen LogP contribution in [-0.2, 0) is 0 Å². The number of anilines is 1. The van der Waals surface area contributed by atoms with Gasteiger partial charge < -0.3 is 10.2 Å². The zero-order valence-corrected chi connectivity index (χ0v) is 16.3. The summed E-state index contributed by atoms with van der Waals surface area (Å²) < 4.78 is 24.6. The molecule has 0 saturated carbocycles. The molecular weight excluding hydrogens is 390 g/mol. The van der Waals surface area contributed by atoms with Crippen LogP contribution < -0.4 is 10.6 Å². The Morgan fingerprint density at radius 3 is 2.67 bits per heavy atom. The molecule has 7 nitrogen and oxygen atoms in total. The van der Waals surface area contributed by atoms with Gasteiger partial charge in [-0.3, -0.25) is 15.3 Å². The maximum absolute atomic E-state index is 12.6. The molecular formula is C21H22F2N6O. The molecule has 0 radical (unpaired) electrons. The Bertz CT molecular complexity index is 1010. The molecule has 30 heavy (non-hydrogen) atoms. The molecule has 1 aliphatic rings. The number of pyridine rings is 1. The molecule has 1 saturated heterocycles. The number of urea groups is 1. The van der Waals surface area contributed by atoms with E-state index in [1.165, 1.54) is 0 Å². The van der Waals surface area contributed by atoms with Gasteiger partial charge in [0.1, 0.15) is 5.82 Å². The Labute approximate surface area is 172 Å². The van der Waals surface area contributed by atoms with Crippen molar-refractivity contribution in [1.29, 1.82) is 0 Å². The number of rotatable bonds is 5. The normalized spacial score (nSPS) is 15.0. The molecule has 2 N–H and O–H groups in total. The lowest BCUT2D eigenvalue weighted by Gasteiger charge is -2.32. The maximum atomic E-state index is 12.6. The van der Waals surface area contributed by atoms with Gasteiger partial charge in [0.25, 0.3) is 6.43 Å². The SMILES string of the molecule is O=C(Nc1cc2cc(-c3cnccn3)ccc2cn1)N1CCC(NCC(F)F)CC1. The number of nitrogens with one attached hydrogen (secondary N) is 2. The first-order valence-electron chi connectivity index (χ1n) is 9.82. The zero-order valence-electron chi connectivity index (χ0n) is 16.3. The van der Waals surface area contributed by atoms with Crippen molar-refractivity contribution in [1.82, 2.24) is 25.2 Å². The number of aromatic nitrogens is 3. The molecule has 1 aliphatic heterocycles. The van der Waals surface area contributed by atoms with Gasteiger partial charge in [0, 0.05) is 48.7 Å². The maximum Gasteiger partial charge on any atom is 0.323 e. The number of piperidine rings is 1. The van der Waals surface area contributed by atoms with Crippen LogP contribution in [0.15, 0.2) is 49.1 Å². The van der Waals surface area contributed by atoms with Crippen LogP contribution in [0.1, 0.15) is 12.8 Å². The number of halogens is 2. The molecule has 0 spiro atoms. The van der Waals surface area contributed by atoms with Crippen molar-refractivity contribution in [3.05, 3.63) is 49.1 Å². The van der Waals surface area contributed by atoms with E-state index < -0.39 is 6.43 Å². The fourth-order valence-electron chi connectivity index (χ4n) is 3.55. The number of hydrogen-bond acceptors (Lipinski definition) is 5. The molecule has 2 amide bonds. The monoisotopic (exact) mass is 412 g/mol. The molecule has 156 valence electrons. The molecule has 9 heteroatoms. The molecule has 1 fully saturated rings. The Kier molecular flexibility index (Phi) is 6.08. The van der Waals surface area contributed by atoms with E-state index in [0.717, 1.165) is 22.0 Å². The lowest BCUT2D eigenvalue weighted by atomic mass is 10.1. The van der Waals surface area contributed by atoms with E-state index in [0.29, 0.717) is 31.7 Å². The van der Waals surface area contributed by atoms with E-state index in [1.807, 2.05) is 24.3 Å². The van der Waals surface area contributed by atoms with Crippen molar-refractivity contribution < 1.29 is 13.6 Å². The number of hydrogen-bond donors (Lipinski definition) is 2. The van der Waals surface area contributed by atoms with Crippen LogP contribution in [0.5, 0.6) is 0 Å². The summed E-state index contributed by atoms with van der Waals surface area (Å²) in [6, 6.07) is 7.50. The number of carbonyl (C=O) groups is 1. The van der Waals surface area contributed by atoms with E-state index in [1.54, 1.807) is 29.7 Å². The van der Waals surface area contributed by atoms with Crippen LogP contribution in [-0.4, -0.2) is 58.0 Å². The predicted octanol–water partition coefficient (Wildman–Crippen LogP) is 3.54. The molecule has 0 unspecified atom stereocenters. The zero-order chi connectivity index (χ0) is 20.9. The molecule has 3 heterocycles. The third kappa shape index (κ3) is 4.85.